The Bertz CT molecular complexity index is 2100. The average molecular weight is 716 g/mol. The summed E-state index contributed by atoms with van der Waals surface area (Å²) in [5.41, 5.74) is 12.8. The minimum atomic E-state index is -3.96. The van der Waals surface area contributed by atoms with Crippen LogP contribution >= 0.6 is 0 Å². The summed E-state index contributed by atoms with van der Waals surface area (Å²) < 4.78 is 42.5. The SMILES string of the molecule is Nc1ncnc2c1ncn2[C@@H]1O[C@H](CN2CC#Cc3nc4c(N)ncnc4n3[C@@H]3O[C@H](CNS(=O)(=O)CCNC(=O)C2)[C@@H](O)[C@H]3O)[C@H](O)[C@@H]1O. The predicted octanol–water partition coefficient (Wildman–Crippen LogP) is -5.23. The second-order valence-electron chi connectivity index (χ2n) is 11.9. The average Bonchev–Trinajstić information content (AvgIpc) is 3.81. The van der Waals surface area contributed by atoms with Gasteiger partial charge in [0.05, 0.1) is 25.2 Å². The lowest BCUT2D eigenvalue weighted by molar-refractivity contribution is -0.122. The number of ether oxygens (including phenoxy) is 2. The van der Waals surface area contributed by atoms with E-state index in [2.05, 4.69) is 51.8 Å². The van der Waals surface area contributed by atoms with Crippen molar-refractivity contribution in [2.75, 3.05) is 49.9 Å². The van der Waals surface area contributed by atoms with Gasteiger partial charge in [-0.25, -0.2) is 43.0 Å². The minimum Gasteiger partial charge on any atom is -0.387 e. The Labute approximate surface area is 282 Å². The van der Waals surface area contributed by atoms with Crippen LogP contribution in [0.25, 0.3) is 22.3 Å². The number of aliphatic hydroxyl groups is 4. The van der Waals surface area contributed by atoms with E-state index in [1.807, 2.05) is 0 Å². The zero-order valence-corrected chi connectivity index (χ0v) is 26.8. The third-order valence-electron chi connectivity index (χ3n) is 8.60. The molecule has 0 spiro atoms. The number of anilines is 2. The van der Waals surface area contributed by atoms with E-state index in [-0.39, 0.29) is 72.5 Å². The van der Waals surface area contributed by atoms with E-state index in [0.29, 0.717) is 0 Å². The number of nitrogens with one attached hydrogen (secondary N) is 2. The molecule has 50 heavy (non-hydrogen) atoms. The summed E-state index contributed by atoms with van der Waals surface area (Å²) in [5.74, 6) is 4.89. The summed E-state index contributed by atoms with van der Waals surface area (Å²) in [4.78, 5) is 39.4. The number of amides is 1. The number of nitrogens with zero attached hydrogens (tertiary/aromatic N) is 9. The fourth-order valence-corrected chi connectivity index (χ4v) is 7.00. The molecule has 7 heterocycles. The zero-order valence-electron chi connectivity index (χ0n) is 26.0. The number of carbonyl (C=O) groups excluding carboxylic acids is 1. The molecule has 0 aliphatic carbocycles. The molecule has 266 valence electrons. The number of fused-ring (bicyclic) bond motifs is 7. The molecule has 0 radical (unpaired) electrons. The normalized spacial score (nSPS) is 30.8. The van der Waals surface area contributed by atoms with Crippen LogP contribution in [0.3, 0.4) is 0 Å². The van der Waals surface area contributed by atoms with Crippen molar-refractivity contribution in [1.29, 1.82) is 0 Å². The maximum atomic E-state index is 13.0. The Morgan fingerprint density at radius 3 is 2.42 bits per heavy atom. The Kier molecular flexibility index (Phi) is 8.96. The number of imidazole rings is 2. The van der Waals surface area contributed by atoms with E-state index >= 15 is 0 Å². The Hall–Kier alpha value is -4.64. The van der Waals surface area contributed by atoms with Crippen LogP contribution < -0.4 is 21.5 Å². The molecule has 0 aromatic carbocycles. The zero-order chi connectivity index (χ0) is 35.3. The highest BCUT2D eigenvalue weighted by atomic mass is 32.2. The molecule has 10 N–H and O–H groups in total. The number of nitrogens with two attached hydrogens (primary N) is 2. The third kappa shape index (κ3) is 6.27. The molecule has 22 nitrogen and oxygen atoms in total. The molecular weight excluding hydrogens is 682 g/mol. The van der Waals surface area contributed by atoms with Crippen molar-refractivity contribution < 1.29 is 43.1 Å². The molecule has 0 unspecified atom stereocenters. The first kappa shape index (κ1) is 33.8. The summed E-state index contributed by atoms with van der Waals surface area (Å²) in [5, 5.41) is 46.3. The van der Waals surface area contributed by atoms with Crippen LogP contribution in [0.15, 0.2) is 19.0 Å². The number of aromatic nitrogens is 8. The van der Waals surface area contributed by atoms with Gasteiger partial charge < -0.3 is 46.7 Å². The van der Waals surface area contributed by atoms with Gasteiger partial charge in [-0.2, -0.15) is 0 Å². The van der Waals surface area contributed by atoms with Gasteiger partial charge in [-0.3, -0.25) is 18.8 Å². The molecule has 7 rings (SSSR count). The van der Waals surface area contributed by atoms with Crippen LogP contribution in [0.5, 0.6) is 0 Å². The number of rotatable bonds is 3. The quantitative estimate of drug-likeness (QED) is 0.0919. The van der Waals surface area contributed by atoms with Gasteiger partial charge in [0.2, 0.25) is 15.9 Å². The number of carbonyl (C=O) groups is 1. The second kappa shape index (κ2) is 13.2. The maximum Gasteiger partial charge on any atom is 0.234 e. The van der Waals surface area contributed by atoms with Crippen LogP contribution in [0.1, 0.15) is 18.3 Å². The highest BCUT2D eigenvalue weighted by molar-refractivity contribution is 7.89. The smallest absolute Gasteiger partial charge is 0.234 e. The van der Waals surface area contributed by atoms with Crippen LogP contribution in [-0.2, 0) is 24.3 Å². The van der Waals surface area contributed by atoms with Gasteiger partial charge in [-0.1, -0.05) is 5.92 Å². The summed E-state index contributed by atoms with van der Waals surface area (Å²) in [6.45, 7) is -1.18. The molecule has 2 fully saturated rings. The summed E-state index contributed by atoms with van der Waals surface area (Å²) in [6, 6.07) is 0. The molecule has 4 aromatic rings. The van der Waals surface area contributed by atoms with Gasteiger partial charge in [0.25, 0.3) is 0 Å². The van der Waals surface area contributed by atoms with Crippen molar-refractivity contribution in [3.63, 3.8) is 0 Å². The highest BCUT2D eigenvalue weighted by Gasteiger charge is 2.46. The second-order valence-corrected chi connectivity index (χ2v) is 13.8. The first-order valence-electron chi connectivity index (χ1n) is 15.3. The monoisotopic (exact) mass is 715 g/mol. The Morgan fingerprint density at radius 2 is 1.64 bits per heavy atom. The van der Waals surface area contributed by atoms with Crippen molar-refractivity contribution in [3.05, 3.63) is 24.8 Å². The van der Waals surface area contributed by atoms with Crippen molar-refractivity contribution >= 4 is 49.9 Å². The van der Waals surface area contributed by atoms with Crippen molar-refractivity contribution in [2.45, 2.75) is 49.1 Å². The highest BCUT2D eigenvalue weighted by Crippen LogP contribution is 2.34. The van der Waals surface area contributed by atoms with Crippen molar-refractivity contribution in [3.8, 4) is 11.8 Å². The van der Waals surface area contributed by atoms with Crippen LogP contribution in [-0.4, -0.2) is 154 Å². The summed E-state index contributed by atoms with van der Waals surface area (Å²) in [7, 11) is -3.96. The van der Waals surface area contributed by atoms with E-state index in [0.717, 1.165) is 0 Å². The topological polar surface area (TPSA) is 317 Å². The number of nitrogen functional groups attached to an aromatic ring is 2. The number of sulfonamides is 1. The Morgan fingerprint density at radius 1 is 0.920 bits per heavy atom. The molecular formula is C27H33N13O9S. The van der Waals surface area contributed by atoms with Gasteiger partial charge >= 0.3 is 0 Å². The lowest BCUT2D eigenvalue weighted by atomic mass is 10.1. The van der Waals surface area contributed by atoms with E-state index in [1.165, 1.54) is 33.0 Å². The fourth-order valence-electron chi connectivity index (χ4n) is 6.07. The number of hydrogen-bond acceptors (Lipinski definition) is 18. The van der Waals surface area contributed by atoms with E-state index in [4.69, 9.17) is 20.9 Å². The molecule has 3 aliphatic rings. The van der Waals surface area contributed by atoms with E-state index < -0.39 is 70.8 Å². The fraction of sp³-hybridized carbons (Fsp3) is 0.519. The first-order chi connectivity index (χ1) is 23.9. The molecule has 3 aliphatic heterocycles. The van der Waals surface area contributed by atoms with Gasteiger partial charge in [0.1, 0.15) is 54.8 Å². The van der Waals surface area contributed by atoms with Crippen LogP contribution in [0, 0.1) is 11.8 Å². The van der Waals surface area contributed by atoms with Crippen molar-refractivity contribution in [2.24, 2.45) is 0 Å². The largest absolute Gasteiger partial charge is 0.387 e. The van der Waals surface area contributed by atoms with E-state index in [9.17, 15) is 33.6 Å². The van der Waals surface area contributed by atoms with Gasteiger partial charge in [-0.15, -0.1) is 0 Å². The molecule has 2 bridgehead atoms. The molecule has 0 saturated carbocycles. The van der Waals surface area contributed by atoms with Crippen LogP contribution in [0.2, 0.25) is 0 Å². The molecule has 1 amide bonds. The molecule has 23 heteroatoms. The standard InChI is InChI=1S/C27H33N13O9S/c28-22-16-24(33-9-31-22)39(11-35-16)26-20(44)19(43)13(49-26)7-38-4-1-2-14-37-17-23(29)32-10-34-25(17)40(14)27-21(45)18(42)12(48-27)6-36-50(46,47)5-3-30-15(41)8-38/h9-13,18-21,26-27,36,42-45H,3-8H2,(H,30,41)(H2,28,31,33)(H2,29,32,34)/t12-,13-,18-,19+,20+,21-,26-,27-/m1/s1. The molecule has 8 atom stereocenters. The maximum absolute atomic E-state index is 13.0. The molecule has 4 aromatic heterocycles. The summed E-state index contributed by atoms with van der Waals surface area (Å²) in [6.07, 6.45) is -6.74. The first-order valence-corrected chi connectivity index (χ1v) is 17.0. The van der Waals surface area contributed by atoms with Crippen molar-refractivity contribution in [1.82, 2.24) is 54.0 Å². The molecule has 2 saturated heterocycles. The van der Waals surface area contributed by atoms with Gasteiger partial charge in [0.15, 0.2) is 46.7 Å². The van der Waals surface area contributed by atoms with E-state index in [1.54, 1.807) is 0 Å². The van der Waals surface area contributed by atoms with Gasteiger partial charge in [0, 0.05) is 19.6 Å². The van der Waals surface area contributed by atoms with Gasteiger partial charge in [-0.05, 0) is 5.92 Å². The number of hydrogen-bond donors (Lipinski definition) is 8. The predicted molar refractivity (Wildman–Crippen MR) is 169 cm³/mol. The lowest BCUT2D eigenvalue weighted by Gasteiger charge is -2.24. The van der Waals surface area contributed by atoms with Crippen LogP contribution in [0.4, 0.5) is 11.6 Å². The minimum absolute atomic E-state index is 0.00915. The Balaban J connectivity index is 1.20. The third-order valence-corrected chi connectivity index (χ3v) is 9.95. The number of aliphatic hydroxyl groups excluding tert-OH is 4. The lowest BCUT2D eigenvalue weighted by Crippen LogP contribution is -2.46. The summed E-state index contributed by atoms with van der Waals surface area (Å²) >= 11 is 0.